The number of rotatable bonds is 2. The van der Waals surface area contributed by atoms with Crippen molar-refractivity contribution in [1.29, 1.82) is 0 Å². The fourth-order valence-corrected chi connectivity index (χ4v) is 2.84. The summed E-state index contributed by atoms with van der Waals surface area (Å²) in [4.78, 5) is 0. The minimum Gasteiger partial charge on any atom is -0.384 e. The second-order valence-electron chi connectivity index (χ2n) is 4.10. The highest BCUT2D eigenvalue weighted by Crippen LogP contribution is 2.55. The van der Waals surface area contributed by atoms with E-state index in [1.807, 2.05) is 7.11 Å². The normalized spacial score (nSPS) is 44.7. The van der Waals surface area contributed by atoms with Crippen molar-refractivity contribution in [3.63, 3.8) is 0 Å². The summed E-state index contributed by atoms with van der Waals surface area (Å²) in [6.45, 7) is 1.02. The summed E-state index contributed by atoms with van der Waals surface area (Å²) < 4.78 is 5.22. The number of hydrogen-bond donors (Lipinski definition) is 0. The molecule has 0 aliphatic heterocycles. The SMILES string of the molecule is COCC12CCCC(C1)C2. The molecule has 58 valence electrons. The molecule has 0 N–H and O–H groups in total. The lowest BCUT2D eigenvalue weighted by molar-refractivity contribution is -0.0624. The highest BCUT2D eigenvalue weighted by atomic mass is 16.5. The van der Waals surface area contributed by atoms with E-state index in [1.54, 1.807) is 0 Å². The van der Waals surface area contributed by atoms with E-state index in [2.05, 4.69) is 0 Å². The largest absolute Gasteiger partial charge is 0.384 e. The van der Waals surface area contributed by atoms with Gasteiger partial charge in [-0.3, -0.25) is 0 Å². The molecular formula is C9H16O. The van der Waals surface area contributed by atoms with Gasteiger partial charge in [-0.1, -0.05) is 12.8 Å². The first-order valence-electron chi connectivity index (χ1n) is 4.34. The van der Waals surface area contributed by atoms with Crippen molar-refractivity contribution in [2.75, 3.05) is 13.7 Å². The number of ether oxygens (including phenoxy) is 1. The minimum atomic E-state index is 0.650. The molecule has 3 aliphatic carbocycles. The van der Waals surface area contributed by atoms with Gasteiger partial charge in [-0.05, 0) is 30.6 Å². The molecule has 0 amide bonds. The van der Waals surface area contributed by atoms with E-state index in [4.69, 9.17) is 4.74 Å². The zero-order valence-corrected chi connectivity index (χ0v) is 6.73. The molecule has 0 aromatic rings. The van der Waals surface area contributed by atoms with E-state index >= 15 is 0 Å². The Bertz CT molecular complexity index is 113. The molecule has 10 heavy (non-hydrogen) atoms. The quantitative estimate of drug-likeness (QED) is 0.571. The molecule has 1 nitrogen and oxygen atoms in total. The molecule has 3 fully saturated rings. The van der Waals surface area contributed by atoms with Crippen LogP contribution in [0.3, 0.4) is 0 Å². The van der Waals surface area contributed by atoms with Gasteiger partial charge in [0.2, 0.25) is 0 Å². The fraction of sp³-hybridized carbons (Fsp3) is 1.00. The van der Waals surface area contributed by atoms with Gasteiger partial charge >= 0.3 is 0 Å². The Balaban J connectivity index is 1.92. The molecule has 3 aliphatic rings. The molecule has 2 bridgehead atoms. The van der Waals surface area contributed by atoms with Crippen LogP contribution in [0.5, 0.6) is 0 Å². The van der Waals surface area contributed by atoms with Crippen molar-refractivity contribution in [2.45, 2.75) is 32.1 Å². The van der Waals surface area contributed by atoms with Crippen LogP contribution in [0.25, 0.3) is 0 Å². The number of methoxy groups -OCH3 is 1. The van der Waals surface area contributed by atoms with Crippen molar-refractivity contribution in [2.24, 2.45) is 11.3 Å². The Morgan fingerprint density at radius 1 is 1.50 bits per heavy atom. The lowest BCUT2D eigenvalue weighted by Gasteiger charge is -2.52. The maximum absolute atomic E-state index is 5.22. The Labute approximate surface area is 62.8 Å². The molecule has 0 aromatic carbocycles. The third-order valence-electron chi connectivity index (χ3n) is 3.21. The summed E-state index contributed by atoms with van der Waals surface area (Å²) in [6, 6.07) is 0. The van der Waals surface area contributed by atoms with E-state index in [0.29, 0.717) is 5.41 Å². The first kappa shape index (κ1) is 6.66. The summed E-state index contributed by atoms with van der Waals surface area (Å²) in [7, 11) is 1.83. The summed E-state index contributed by atoms with van der Waals surface area (Å²) in [5, 5.41) is 0. The molecule has 0 heterocycles. The third-order valence-corrected chi connectivity index (χ3v) is 3.21. The van der Waals surface area contributed by atoms with Gasteiger partial charge in [-0.25, -0.2) is 0 Å². The van der Waals surface area contributed by atoms with Gasteiger partial charge in [0.1, 0.15) is 0 Å². The van der Waals surface area contributed by atoms with Crippen LogP contribution in [0.2, 0.25) is 0 Å². The van der Waals surface area contributed by atoms with Crippen LogP contribution < -0.4 is 0 Å². The molecule has 0 atom stereocenters. The average Bonchev–Trinajstić information content (AvgIpc) is 1.87. The zero-order valence-electron chi connectivity index (χ0n) is 6.73. The zero-order chi connectivity index (χ0) is 7.03. The van der Waals surface area contributed by atoms with E-state index in [0.717, 1.165) is 12.5 Å². The van der Waals surface area contributed by atoms with Gasteiger partial charge in [0, 0.05) is 7.11 Å². The van der Waals surface area contributed by atoms with Crippen molar-refractivity contribution in [3.05, 3.63) is 0 Å². The summed E-state index contributed by atoms with van der Waals surface area (Å²) in [5.41, 5.74) is 0.650. The highest BCUT2D eigenvalue weighted by Gasteiger charge is 2.46. The van der Waals surface area contributed by atoms with Crippen molar-refractivity contribution < 1.29 is 4.74 Å². The van der Waals surface area contributed by atoms with Crippen LogP contribution in [0.4, 0.5) is 0 Å². The van der Waals surface area contributed by atoms with Crippen LogP contribution in [0.15, 0.2) is 0 Å². The van der Waals surface area contributed by atoms with E-state index in [1.165, 1.54) is 32.1 Å². The van der Waals surface area contributed by atoms with Crippen LogP contribution >= 0.6 is 0 Å². The molecule has 0 radical (unpaired) electrons. The van der Waals surface area contributed by atoms with Crippen LogP contribution in [0, 0.1) is 11.3 Å². The second-order valence-corrected chi connectivity index (χ2v) is 4.10. The van der Waals surface area contributed by atoms with Gasteiger partial charge in [0.15, 0.2) is 0 Å². The van der Waals surface area contributed by atoms with Crippen molar-refractivity contribution in [1.82, 2.24) is 0 Å². The monoisotopic (exact) mass is 140 g/mol. The van der Waals surface area contributed by atoms with Crippen LogP contribution in [0.1, 0.15) is 32.1 Å². The molecule has 0 unspecified atom stereocenters. The highest BCUT2D eigenvalue weighted by molar-refractivity contribution is 4.97. The van der Waals surface area contributed by atoms with Crippen molar-refractivity contribution in [3.8, 4) is 0 Å². The van der Waals surface area contributed by atoms with Gasteiger partial charge in [-0.15, -0.1) is 0 Å². The van der Waals surface area contributed by atoms with E-state index in [9.17, 15) is 0 Å². The molecule has 1 heteroatoms. The van der Waals surface area contributed by atoms with Crippen molar-refractivity contribution >= 4 is 0 Å². The van der Waals surface area contributed by atoms with Gasteiger partial charge in [-0.2, -0.15) is 0 Å². The maximum Gasteiger partial charge on any atom is 0.0518 e. The summed E-state index contributed by atoms with van der Waals surface area (Å²) in [6.07, 6.45) is 7.29. The predicted molar refractivity (Wildman–Crippen MR) is 40.9 cm³/mol. The lowest BCUT2D eigenvalue weighted by Crippen LogP contribution is -2.44. The Morgan fingerprint density at radius 2 is 2.30 bits per heavy atom. The van der Waals surface area contributed by atoms with Crippen LogP contribution in [-0.2, 0) is 4.74 Å². The molecule has 0 saturated heterocycles. The Morgan fingerprint density at radius 3 is 2.80 bits per heavy atom. The molecule has 3 rings (SSSR count). The Kier molecular flexibility index (Phi) is 1.48. The average molecular weight is 140 g/mol. The molecule has 3 saturated carbocycles. The second kappa shape index (κ2) is 2.23. The molecule has 0 aromatic heterocycles. The summed E-state index contributed by atoms with van der Waals surface area (Å²) in [5.74, 6) is 1.07. The first-order chi connectivity index (χ1) is 4.85. The third kappa shape index (κ3) is 0.878. The maximum atomic E-state index is 5.22. The van der Waals surface area contributed by atoms with E-state index in [-0.39, 0.29) is 0 Å². The standard InChI is InChI=1S/C9H16O/c1-10-7-9-4-2-3-8(5-9)6-9/h8H,2-7H2,1H3. The van der Waals surface area contributed by atoms with Gasteiger partial charge in [0.25, 0.3) is 0 Å². The fourth-order valence-electron chi connectivity index (χ4n) is 2.84. The lowest BCUT2D eigenvalue weighted by atomic mass is 9.55. The smallest absolute Gasteiger partial charge is 0.0518 e. The summed E-state index contributed by atoms with van der Waals surface area (Å²) >= 11 is 0. The Hall–Kier alpha value is -0.0400. The predicted octanol–water partition coefficient (Wildman–Crippen LogP) is 2.21. The van der Waals surface area contributed by atoms with Crippen LogP contribution in [-0.4, -0.2) is 13.7 Å². The first-order valence-corrected chi connectivity index (χ1v) is 4.34. The minimum absolute atomic E-state index is 0.650. The van der Waals surface area contributed by atoms with Gasteiger partial charge in [0.05, 0.1) is 6.61 Å². The molecular weight excluding hydrogens is 124 g/mol. The topological polar surface area (TPSA) is 9.23 Å². The number of fused-ring (bicyclic) bond motifs is 2. The molecule has 0 spiro atoms. The van der Waals surface area contributed by atoms with Gasteiger partial charge < -0.3 is 4.74 Å². The van der Waals surface area contributed by atoms with E-state index < -0.39 is 0 Å². The number of hydrogen-bond acceptors (Lipinski definition) is 1.